The second kappa shape index (κ2) is 7.77. The van der Waals surface area contributed by atoms with Gasteiger partial charge in [-0.25, -0.2) is 8.42 Å². The van der Waals surface area contributed by atoms with Crippen molar-refractivity contribution >= 4 is 21.7 Å². The number of piperazine rings is 1. The van der Waals surface area contributed by atoms with Gasteiger partial charge in [0.15, 0.2) is 9.84 Å². The highest BCUT2D eigenvalue weighted by atomic mass is 32.2. The minimum atomic E-state index is -3.25. The van der Waals surface area contributed by atoms with Crippen LogP contribution in [0.1, 0.15) is 32.6 Å². The van der Waals surface area contributed by atoms with Crippen LogP contribution in [0, 0.1) is 0 Å². The molecule has 9 heteroatoms. The maximum atomic E-state index is 12.7. The van der Waals surface area contributed by atoms with E-state index < -0.39 is 21.9 Å². The minimum absolute atomic E-state index is 0.00240. The molecule has 144 valence electrons. The fourth-order valence-corrected chi connectivity index (χ4v) is 5.81. The molecule has 2 aliphatic rings. The number of carbonyl (C=O) groups excluding carboxylic acids is 2. The Balaban J connectivity index is 1.69. The van der Waals surface area contributed by atoms with Gasteiger partial charge >= 0.3 is 0 Å². The Morgan fingerprint density at radius 2 is 1.69 bits per heavy atom. The highest BCUT2D eigenvalue weighted by molar-refractivity contribution is 7.91. The molecule has 8 nitrogen and oxygen atoms in total. The first kappa shape index (κ1) is 18.9. The lowest BCUT2D eigenvalue weighted by atomic mass is 10.0. The lowest BCUT2D eigenvalue weighted by Crippen LogP contribution is -2.62. The van der Waals surface area contributed by atoms with E-state index in [2.05, 4.69) is 5.10 Å². The molecule has 3 heterocycles. The number of nitrogens with zero attached hydrogens (tertiary/aromatic N) is 4. The van der Waals surface area contributed by atoms with Crippen molar-refractivity contribution < 1.29 is 18.0 Å². The number of carbonyl (C=O) groups is 2. The van der Waals surface area contributed by atoms with Crippen LogP contribution in [0.3, 0.4) is 0 Å². The van der Waals surface area contributed by atoms with Gasteiger partial charge in [-0.15, -0.1) is 0 Å². The first-order valence-electron chi connectivity index (χ1n) is 9.18. The van der Waals surface area contributed by atoms with E-state index in [1.807, 2.05) is 6.92 Å². The molecule has 0 aromatic carbocycles. The van der Waals surface area contributed by atoms with E-state index in [1.165, 1.54) is 0 Å². The van der Waals surface area contributed by atoms with Crippen LogP contribution >= 0.6 is 0 Å². The number of unbranched alkanes of at least 4 members (excludes halogenated alkanes) is 1. The average Bonchev–Trinajstić information content (AvgIpc) is 3.22. The third kappa shape index (κ3) is 4.08. The highest BCUT2D eigenvalue weighted by Gasteiger charge is 2.49. The second-order valence-electron chi connectivity index (χ2n) is 7.01. The molecule has 0 aliphatic carbocycles. The van der Waals surface area contributed by atoms with E-state index in [9.17, 15) is 18.0 Å². The van der Waals surface area contributed by atoms with Gasteiger partial charge in [-0.2, -0.15) is 5.10 Å². The summed E-state index contributed by atoms with van der Waals surface area (Å²) in [5.41, 5.74) is 0. The molecular weight excluding hydrogens is 356 g/mol. The van der Waals surface area contributed by atoms with E-state index >= 15 is 0 Å². The molecule has 0 unspecified atom stereocenters. The van der Waals surface area contributed by atoms with Crippen molar-refractivity contribution in [2.45, 2.75) is 51.2 Å². The Morgan fingerprint density at radius 3 is 2.23 bits per heavy atom. The molecule has 0 bridgehead atoms. The summed E-state index contributed by atoms with van der Waals surface area (Å²) in [5, 5.41) is 4.08. The number of aryl methyl sites for hydroxylation is 1. The molecule has 2 fully saturated rings. The van der Waals surface area contributed by atoms with Crippen LogP contribution in [0.15, 0.2) is 18.5 Å². The van der Waals surface area contributed by atoms with Crippen LogP contribution in [0.25, 0.3) is 0 Å². The van der Waals surface area contributed by atoms with Crippen LogP contribution in [-0.2, 0) is 26.0 Å². The number of amides is 2. The fourth-order valence-electron chi connectivity index (χ4n) is 3.83. The van der Waals surface area contributed by atoms with Gasteiger partial charge in [0.2, 0.25) is 11.8 Å². The minimum Gasteiger partial charge on any atom is -0.335 e. The van der Waals surface area contributed by atoms with Gasteiger partial charge in [-0.1, -0.05) is 13.3 Å². The summed E-state index contributed by atoms with van der Waals surface area (Å²) in [6, 6.07) is 0.960. The number of rotatable bonds is 6. The van der Waals surface area contributed by atoms with Gasteiger partial charge in [0.25, 0.3) is 0 Å². The van der Waals surface area contributed by atoms with Crippen molar-refractivity contribution in [1.29, 1.82) is 0 Å². The Kier molecular flexibility index (Phi) is 5.64. The van der Waals surface area contributed by atoms with Gasteiger partial charge in [-0.05, 0) is 12.5 Å². The summed E-state index contributed by atoms with van der Waals surface area (Å²) < 4.78 is 26.1. The summed E-state index contributed by atoms with van der Waals surface area (Å²) in [5.74, 6) is -0.169. The third-order valence-corrected chi connectivity index (χ3v) is 6.87. The lowest BCUT2D eigenvalue weighted by Gasteiger charge is -2.44. The number of fused-ring (bicyclic) bond motifs is 1. The van der Waals surface area contributed by atoms with Crippen molar-refractivity contribution in [2.75, 3.05) is 24.6 Å². The third-order valence-electron chi connectivity index (χ3n) is 5.17. The summed E-state index contributed by atoms with van der Waals surface area (Å²) in [6.07, 6.45) is 5.88. The number of hydrogen-bond acceptors (Lipinski definition) is 5. The van der Waals surface area contributed by atoms with Crippen LogP contribution < -0.4 is 0 Å². The number of aromatic nitrogens is 2. The molecule has 2 amide bonds. The summed E-state index contributed by atoms with van der Waals surface area (Å²) >= 11 is 0. The van der Waals surface area contributed by atoms with E-state index in [0.29, 0.717) is 26.1 Å². The smallest absolute Gasteiger partial charge is 0.224 e. The Labute approximate surface area is 154 Å². The average molecular weight is 382 g/mol. The second-order valence-corrected chi connectivity index (χ2v) is 9.16. The largest absolute Gasteiger partial charge is 0.335 e. The van der Waals surface area contributed by atoms with E-state index in [4.69, 9.17) is 0 Å². The van der Waals surface area contributed by atoms with Crippen molar-refractivity contribution in [3.8, 4) is 0 Å². The zero-order chi connectivity index (χ0) is 18.7. The first-order valence-corrected chi connectivity index (χ1v) is 11.0. The zero-order valence-electron chi connectivity index (χ0n) is 15.1. The van der Waals surface area contributed by atoms with Gasteiger partial charge in [0.1, 0.15) is 0 Å². The monoisotopic (exact) mass is 382 g/mol. The SMILES string of the molecule is CCCCC(=O)N1CCN(C(=O)CCn2cccn2)[C@@H]2CS(=O)(=O)C[C@@H]21. The van der Waals surface area contributed by atoms with Gasteiger partial charge in [0, 0.05) is 44.9 Å². The quantitative estimate of drug-likeness (QED) is 0.706. The molecule has 1 aromatic rings. The molecule has 1 aromatic heterocycles. The van der Waals surface area contributed by atoms with Crippen LogP contribution in [0.4, 0.5) is 0 Å². The molecule has 3 rings (SSSR count). The molecule has 0 spiro atoms. The zero-order valence-corrected chi connectivity index (χ0v) is 15.9. The van der Waals surface area contributed by atoms with Gasteiger partial charge in [-0.3, -0.25) is 14.3 Å². The van der Waals surface area contributed by atoms with Crippen LogP contribution in [-0.4, -0.2) is 76.5 Å². The molecule has 0 N–H and O–H groups in total. The molecule has 26 heavy (non-hydrogen) atoms. The topological polar surface area (TPSA) is 92.6 Å². The predicted octanol–water partition coefficient (Wildman–Crippen LogP) is 0.300. The van der Waals surface area contributed by atoms with Gasteiger partial charge in [0.05, 0.1) is 23.6 Å². The summed E-state index contributed by atoms with van der Waals surface area (Å²) in [7, 11) is -3.25. The predicted molar refractivity (Wildman–Crippen MR) is 96.0 cm³/mol. The molecular formula is C17H26N4O4S. The summed E-state index contributed by atoms with van der Waals surface area (Å²) in [6.45, 7) is 3.29. The number of hydrogen-bond donors (Lipinski definition) is 0. The first-order chi connectivity index (χ1) is 12.4. The Hall–Kier alpha value is -1.90. The number of sulfone groups is 1. The van der Waals surface area contributed by atoms with Crippen LogP contribution in [0.2, 0.25) is 0 Å². The molecule has 2 atom stereocenters. The Morgan fingerprint density at radius 1 is 1.08 bits per heavy atom. The van der Waals surface area contributed by atoms with Crippen molar-refractivity contribution in [3.63, 3.8) is 0 Å². The van der Waals surface area contributed by atoms with Crippen molar-refractivity contribution in [1.82, 2.24) is 19.6 Å². The maximum Gasteiger partial charge on any atom is 0.224 e. The highest BCUT2D eigenvalue weighted by Crippen LogP contribution is 2.28. The lowest BCUT2D eigenvalue weighted by molar-refractivity contribution is -0.145. The van der Waals surface area contributed by atoms with Crippen LogP contribution in [0.5, 0.6) is 0 Å². The van der Waals surface area contributed by atoms with E-state index in [0.717, 1.165) is 12.8 Å². The molecule has 2 aliphatic heterocycles. The Bertz CT molecular complexity index is 747. The normalized spacial score (nSPS) is 24.5. The molecule has 0 radical (unpaired) electrons. The maximum absolute atomic E-state index is 12.7. The van der Waals surface area contributed by atoms with Crippen molar-refractivity contribution in [2.24, 2.45) is 0 Å². The molecule has 2 saturated heterocycles. The standard InChI is InChI=1S/C17H26N4O4S/c1-2-3-5-16(22)20-10-11-21(15-13-26(24,25)12-14(15)20)17(23)6-9-19-8-4-7-18-19/h4,7-8,14-15H,2-3,5-6,9-13H2,1H3/t14-,15+/m0/s1. The van der Waals surface area contributed by atoms with E-state index in [1.54, 1.807) is 32.9 Å². The van der Waals surface area contributed by atoms with Gasteiger partial charge < -0.3 is 9.80 Å². The molecule has 0 saturated carbocycles. The van der Waals surface area contributed by atoms with Crippen molar-refractivity contribution in [3.05, 3.63) is 18.5 Å². The van der Waals surface area contributed by atoms with E-state index in [-0.39, 0.29) is 29.7 Å². The fraction of sp³-hybridized carbons (Fsp3) is 0.706. The summed E-state index contributed by atoms with van der Waals surface area (Å²) in [4.78, 5) is 28.5.